The number of nitrogens with one attached hydrogen (secondary N) is 2. The molecule has 3 heterocycles. The molecule has 152 valence electrons. The second kappa shape index (κ2) is 11.6. The fraction of sp³-hybridized carbons (Fsp3) is 0.667. The number of aromatic nitrogens is 1. The predicted molar refractivity (Wildman–Crippen MR) is 125 cm³/mol. The van der Waals surface area contributed by atoms with Gasteiger partial charge in [0.1, 0.15) is 5.15 Å². The van der Waals surface area contributed by atoms with Crippen LogP contribution in [-0.2, 0) is 11.2 Å². The third kappa shape index (κ3) is 6.62. The summed E-state index contributed by atoms with van der Waals surface area (Å²) >= 11 is 7.88. The molecule has 9 heteroatoms. The number of nitrogens with zero attached hydrogens (tertiary/aromatic N) is 3. The molecule has 1 aromatic heterocycles. The molecule has 1 aromatic rings. The lowest BCUT2D eigenvalue weighted by Gasteiger charge is -2.43. The summed E-state index contributed by atoms with van der Waals surface area (Å²) in [5.74, 6) is 3.26. The van der Waals surface area contributed by atoms with E-state index in [1.54, 1.807) is 0 Å². The molecule has 0 aliphatic carbocycles. The summed E-state index contributed by atoms with van der Waals surface area (Å²) in [7, 11) is 1.82. The molecular weight excluding hydrogens is 497 g/mol. The molecular formula is C18H29ClIN5OS. The number of rotatable bonds is 6. The van der Waals surface area contributed by atoms with Crippen molar-refractivity contribution < 1.29 is 4.74 Å². The van der Waals surface area contributed by atoms with E-state index >= 15 is 0 Å². The number of aliphatic imine (C=N–C) groups is 1. The molecule has 3 rings (SSSR count). The van der Waals surface area contributed by atoms with Crippen LogP contribution in [0.4, 0.5) is 0 Å². The average molecular weight is 526 g/mol. The van der Waals surface area contributed by atoms with Crippen molar-refractivity contribution in [3.63, 3.8) is 0 Å². The van der Waals surface area contributed by atoms with Crippen LogP contribution in [0.15, 0.2) is 23.3 Å². The Morgan fingerprint density at radius 3 is 2.81 bits per heavy atom. The summed E-state index contributed by atoms with van der Waals surface area (Å²) in [6, 6.07) is 3.84. The summed E-state index contributed by atoms with van der Waals surface area (Å²) in [5, 5.41) is 7.49. The number of halogens is 2. The molecule has 0 amide bonds. The fourth-order valence-electron chi connectivity index (χ4n) is 3.48. The molecule has 2 aliphatic heterocycles. The molecule has 6 nitrogen and oxygen atoms in total. The van der Waals surface area contributed by atoms with E-state index in [0.717, 1.165) is 57.3 Å². The van der Waals surface area contributed by atoms with Crippen molar-refractivity contribution in [3.05, 3.63) is 29.0 Å². The van der Waals surface area contributed by atoms with E-state index in [1.165, 1.54) is 17.9 Å². The van der Waals surface area contributed by atoms with Gasteiger partial charge in [0, 0.05) is 50.7 Å². The van der Waals surface area contributed by atoms with Gasteiger partial charge in [0.25, 0.3) is 0 Å². The lowest BCUT2D eigenvalue weighted by molar-refractivity contribution is -0.0120. The first kappa shape index (κ1) is 23.0. The lowest BCUT2D eigenvalue weighted by Crippen LogP contribution is -2.60. The number of pyridine rings is 1. The van der Waals surface area contributed by atoms with Crippen LogP contribution in [0.1, 0.15) is 12.0 Å². The Kier molecular flexibility index (Phi) is 9.92. The molecule has 0 radical (unpaired) electrons. The Morgan fingerprint density at radius 1 is 1.37 bits per heavy atom. The number of guanidine groups is 1. The normalized spacial score (nSPS) is 23.7. The van der Waals surface area contributed by atoms with E-state index in [0.29, 0.717) is 5.15 Å². The zero-order valence-corrected chi connectivity index (χ0v) is 19.7. The van der Waals surface area contributed by atoms with Gasteiger partial charge in [0.2, 0.25) is 0 Å². The smallest absolute Gasteiger partial charge is 0.191 e. The van der Waals surface area contributed by atoms with Crippen molar-refractivity contribution in [2.45, 2.75) is 18.4 Å². The van der Waals surface area contributed by atoms with Gasteiger partial charge in [-0.05, 0) is 30.2 Å². The van der Waals surface area contributed by atoms with E-state index in [-0.39, 0.29) is 29.5 Å². The largest absolute Gasteiger partial charge is 0.379 e. The van der Waals surface area contributed by atoms with E-state index in [9.17, 15) is 0 Å². The highest BCUT2D eigenvalue weighted by Gasteiger charge is 2.40. The van der Waals surface area contributed by atoms with E-state index in [1.807, 2.05) is 37.1 Å². The van der Waals surface area contributed by atoms with Crippen molar-refractivity contribution in [2.24, 2.45) is 4.99 Å². The van der Waals surface area contributed by atoms with E-state index in [2.05, 4.69) is 25.5 Å². The van der Waals surface area contributed by atoms with Crippen molar-refractivity contribution in [1.29, 1.82) is 0 Å². The van der Waals surface area contributed by atoms with Gasteiger partial charge in [-0.25, -0.2) is 4.98 Å². The molecule has 2 N–H and O–H groups in total. The highest BCUT2D eigenvalue weighted by Crippen LogP contribution is 2.33. The fourth-order valence-corrected chi connectivity index (χ4v) is 5.07. The van der Waals surface area contributed by atoms with E-state index < -0.39 is 0 Å². The molecule has 2 saturated heterocycles. The zero-order valence-electron chi connectivity index (χ0n) is 15.7. The Bertz CT molecular complexity index is 592. The average Bonchev–Trinajstić information content (AvgIpc) is 3.17. The van der Waals surface area contributed by atoms with Gasteiger partial charge in [-0.2, -0.15) is 11.8 Å². The minimum absolute atomic E-state index is 0. The number of hydrogen-bond donors (Lipinski definition) is 2. The minimum atomic E-state index is 0. The summed E-state index contributed by atoms with van der Waals surface area (Å²) in [4.78, 5) is 11.1. The Labute approximate surface area is 188 Å². The molecule has 2 fully saturated rings. The van der Waals surface area contributed by atoms with Crippen LogP contribution >= 0.6 is 47.3 Å². The monoisotopic (exact) mass is 525 g/mol. The number of ether oxygens (including phenoxy) is 1. The first-order valence-electron chi connectivity index (χ1n) is 9.17. The van der Waals surface area contributed by atoms with Gasteiger partial charge in [0.15, 0.2) is 5.96 Å². The van der Waals surface area contributed by atoms with Crippen LogP contribution in [0.2, 0.25) is 5.15 Å². The van der Waals surface area contributed by atoms with Crippen molar-refractivity contribution >= 4 is 53.3 Å². The topological polar surface area (TPSA) is 61.8 Å². The standard InChI is InChI=1S/C18H28ClN5OS.HI/c1-20-17(21-6-4-15-2-3-16(19)22-12-15)23-13-18(5-11-26-14-18)24-7-9-25-10-8-24;/h2-3,12H,4-11,13-14H2,1H3,(H2,20,21,23);1H. The van der Waals surface area contributed by atoms with Crippen LogP contribution in [0.3, 0.4) is 0 Å². The zero-order chi connectivity index (χ0) is 18.2. The molecule has 0 saturated carbocycles. The quantitative estimate of drug-likeness (QED) is 0.257. The van der Waals surface area contributed by atoms with Crippen molar-refractivity contribution in [3.8, 4) is 0 Å². The minimum Gasteiger partial charge on any atom is -0.379 e. The third-order valence-corrected chi connectivity index (χ3v) is 6.53. The van der Waals surface area contributed by atoms with E-state index in [4.69, 9.17) is 16.3 Å². The van der Waals surface area contributed by atoms with Crippen molar-refractivity contribution in [2.75, 3.05) is 57.9 Å². The maximum atomic E-state index is 5.83. The molecule has 27 heavy (non-hydrogen) atoms. The van der Waals surface area contributed by atoms with Gasteiger partial charge < -0.3 is 15.4 Å². The third-order valence-electron chi connectivity index (χ3n) is 5.07. The highest BCUT2D eigenvalue weighted by atomic mass is 127. The Morgan fingerprint density at radius 2 is 2.19 bits per heavy atom. The Hall–Kier alpha value is -0.290. The van der Waals surface area contributed by atoms with Crippen molar-refractivity contribution in [1.82, 2.24) is 20.5 Å². The second-order valence-corrected chi connectivity index (χ2v) is 8.21. The van der Waals surface area contributed by atoms with Gasteiger partial charge in [-0.1, -0.05) is 17.7 Å². The first-order chi connectivity index (χ1) is 12.7. The van der Waals surface area contributed by atoms with Crippen LogP contribution in [0.25, 0.3) is 0 Å². The van der Waals surface area contributed by atoms with Crippen LogP contribution in [0, 0.1) is 0 Å². The molecule has 0 bridgehead atoms. The molecule has 2 aliphatic rings. The molecule has 1 atom stereocenters. The van der Waals surface area contributed by atoms with Crippen LogP contribution < -0.4 is 10.6 Å². The van der Waals surface area contributed by atoms with Gasteiger partial charge in [0.05, 0.1) is 13.2 Å². The van der Waals surface area contributed by atoms with Gasteiger partial charge >= 0.3 is 0 Å². The number of hydrogen-bond acceptors (Lipinski definition) is 5. The summed E-state index contributed by atoms with van der Waals surface area (Å²) in [5.41, 5.74) is 1.38. The second-order valence-electron chi connectivity index (χ2n) is 6.72. The summed E-state index contributed by atoms with van der Waals surface area (Å²) in [6.07, 6.45) is 3.93. The van der Waals surface area contributed by atoms with Gasteiger partial charge in [-0.3, -0.25) is 9.89 Å². The predicted octanol–water partition coefficient (Wildman–Crippen LogP) is 2.27. The molecule has 1 unspecified atom stereocenters. The molecule has 0 spiro atoms. The van der Waals surface area contributed by atoms with Crippen LogP contribution in [0.5, 0.6) is 0 Å². The van der Waals surface area contributed by atoms with Gasteiger partial charge in [-0.15, -0.1) is 24.0 Å². The highest BCUT2D eigenvalue weighted by molar-refractivity contribution is 14.0. The Balaban J connectivity index is 0.00000261. The summed E-state index contributed by atoms with van der Waals surface area (Å²) in [6.45, 7) is 5.46. The lowest BCUT2D eigenvalue weighted by atomic mass is 9.95. The summed E-state index contributed by atoms with van der Waals surface area (Å²) < 4.78 is 5.54. The SMILES string of the molecule is CN=C(NCCc1ccc(Cl)nc1)NCC1(N2CCOCC2)CCSC1.I. The number of morpholine rings is 1. The number of thioether (sulfide) groups is 1. The molecule has 0 aromatic carbocycles. The first-order valence-corrected chi connectivity index (χ1v) is 10.7. The van der Waals surface area contributed by atoms with Crippen LogP contribution in [-0.4, -0.2) is 79.3 Å². The maximum absolute atomic E-state index is 5.83. The maximum Gasteiger partial charge on any atom is 0.191 e.